The zero-order valence-corrected chi connectivity index (χ0v) is 16.8. The van der Waals surface area contributed by atoms with Gasteiger partial charge in [0.05, 0.1) is 22.7 Å². The Hall–Kier alpha value is -4.03. The molecule has 0 amide bonds. The molecule has 0 fully saturated rings. The highest BCUT2D eigenvalue weighted by molar-refractivity contribution is 6.14. The highest BCUT2D eigenvalue weighted by atomic mass is 15.0. The minimum Gasteiger partial charge on any atom is -0.344 e. The first-order valence-corrected chi connectivity index (χ1v) is 10.1. The first-order chi connectivity index (χ1) is 14.7. The standard InChI is InChI=1S/C27H19N3/c1-17-7-5-11-24-26(17)27-18(16-28)8-6-12-25(27)30(24)19-13-14-23-21(15-19)20-9-3-4-10-22(20)29(23)2/h3-15H,1-2H3. The fourth-order valence-electron chi connectivity index (χ4n) is 4.95. The molecule has 0 aliphatic carbocycles. The summed E-state index contributed by atoms with van der Waals surface area (Å²) in [7, 11) is 2.12. The third kappa shape index (κ3) is 2.08. The smallest absolute Gasteiger partial charge is 0.0998 e. The van der Waals surface area contributed by atoms with E-state index in [1.54, 1.807) is 0 Å². The molecule has 142 valence electrons. The Morgan fingerprint density at radius 3 is 2.23 bits per heavy atom. The first-order valence-electron chi connectivity index (χ1n) is 10.1. The lowest BCUT2D eigenvalue weighted by molar-refractivity contribution is 1.01. The molecule has 3 heteroatoms. The molecule has 0 atom stereocenters. The fraction of sp³-hybridized carbons (Fsp3) is 0.0741. The summed E-state index contributed by atoms with van der Waals surface area (Å²) in [6, 6.07) is 29.9. The number of fused-ring (bicyclic) bond motifs is 6. The summed E-state index contributed by atoms with van der Waals surface area (Å²) in [4.78, 5) is 0. The van der Waals surface area contributed by atoms with Gasteiger partial charge in [-0.1, -0.05) is 36.4 Å². The quantitative estimate of drug-likeness (QED) is 0.313. The normalized spacial score (nSPS) is 11.6. The number of hydrogen-bond acceptors (Lipinski definition) is 1. The van der Waals surface area contributed by atoms with E-state index >= 15 is 0 Å². The lowest BCUT2D eigenvalue weighted by Crippen LogP contribution is -1.94. The Morgan fingerprint density at radius 1 is 0.700 bits per heavy atom. The summed E-state index contributed by atoms with van der Waals surface area (Å²) in [6.45, 7) is 2.12. The van der Waals surface area contributed by atoms with Gasteiger partial charge in [-0.2, -0.15) is 5.26 Å². The van der Waals surface area contributed by atoms with Crippen LogP contribution in [0.2, 0.25) is 0 Å². The van der Waals surface area contributed by atoms with E-state index in [1.807, 2.05) is 12.1 Å². The van der Waals surface area contributed by atoms with E-state index in [9.17, 15) is 5.26 Å². The average Bonchev–Trinajstić information content (AvgIpc) is 3.27. The van der Waals surface area contributed by atoms with Gasteiger partial charge in [0.2, 0.25) is 0 Å². The van der Waals surface area contributed by atoms with Crippen molar-refractivity contribution in [3.8, 4) is 11.8 Å². The Morgan fingerprint density at radius 2 is 1.40 bits per heavy atom. The lowest BCUT2D eigenvalue weighted by Gasteiger charge is -2.09. The number of nitrogens with zero attached hydrogens (tertiary/aromatic N) is 3. The Bertz CT molecular complexity index is 1670. The molecule has 0 N–H and O–H groups in total. The Balaban J connectivity index is 1.79. The molecule has 0 saturated carbocycles. The first kappa shape index (κ1) is 16.9. The molecule has 0 saturated heterocycles. The summed E-state index contributed by atoms with van der Waals surface area (Å²) in [5.41, 5.74) is 7.66. The van der Waals surface area contributed by atoms with Crippen molar-refractivity contribution in [1.82, 2.24) is 9.13 Å². The monoisotopic (exact) mass is 385 g/mol. The van der Waals surface area contributed by atoms with Gasteiger partial charge in [-0.05, 0) is 55.0 Å². The molecule has 6 rings (SSSR count). The lowest BCUT2D eigenvalue weighted by atomic mass is 10.0. The van der Waals surface area contributed by atoms with E-state index < -0.39 is 0 Å². The summed E-state index contributed by atoms with van der Waals surface area (Å²) in [5.74, 6) is 0. The molecular weight excluding hydrogens is 366 g/mol. The third-order valence-electron chi connectivity index (χ3n) is 6.30. The van der Waals surface area contributed by atoms with Gasteiger partial charge in [-0.25, -0.2) is 0 Å². The third-order valence-corrected chi connectivity index (χ3v) is 6.30. The molecule has 30 heavy (non-hydrogen) atoms. The Kier molecular flexibility index (Phi) is 3.37. The van der Waals surface area contributed by atoms with Crippen molar-refractivity contribution in [2.45, 2.75) is 6.92 Å². The molecule has 0 spiro atoms. The number of hydrogen-bond donors (Lipinski definition) is 0. The van der Waals surface area contributed by atoms with Crippen molar-refractivity contribution in [3.63, 3.8) is 0 Å². The van der Waals surface area contributed by atoms with Crippen molar-refractivity contribution in [2.75, 3.05) is 0 Å². The maximum absolute atomic E-state index is 9.77. The van der Waals surface area contributed by atoms with Crippen LogP contribution in [-0.2, 0) is 7.05 Å². The minimum absolute atomic E-state index is 0.719. The molecule has 6 aromatic rings. The van der Waals surface area contributed by atoms with Crippen LogP contribution < -0.4 is 0 Å². The van der Waals surface area contributed by atoms with Crippen molar-refractivity contribution in [3.05, 3.63) is 90.0 Å². The predicted octanol–water partition coefficient (Wildman–Crippen LogP) is 6.61. The van der Waals surface area contributed by atoms with Crippen molar-refractivity contribution in [1.29, 1.82) is 5.26 Å². The maximum atomic E-state index is 9.77. The summed E-state index contributed by atoms with van der Waals surface area (Å²) in [5, 5.41) is 14.5. The molecule has 3 nitrogen and oxygen atoms in total. The molecule has 2 heterocycles. The van der Waals surface area contributed by atoms with E-state index in [0.717, 1.165) is 33.1 Å². The van der Waals surface area contributed by atoms with Crippen molar-refractivity contribution in [2.24, 2.45) is 7.05 Å². The van der Waals surface area contributed by atoms with Crippen LogP contribution in [0.5, 0.6) is 0 Å². The van der Waals surface area contributed by atoms with Gasteiger partial charge < -0.3 is 9.13 Å². The summed E-state index contributed by atoms with van der Waals surface area (Å²) in [6.07, 6.45) is 0. The van der Waals surface area contributed by atoms with Crippen LogP contribution in [0.4, 0.5) is 0 Å². The van der Waals surface area contributed by atoms with E-state index in [-0.39, 0.29) is 0 Å². The van der Waals surface area contributed by atoms with Crippen molar-refractivity contribution >= 4 is 43.6 Å². The number of benzene rings is 4. The summed E-state index contributed by atoms with van der Waals surface area (Å²) < 4.78 is 4.54. The van der Waals surface area contributed by atoms with Gasteiger partial charge in [0.25, 0.3) is 0 Å². The second-order valence-corrected chi connectivity index (χ2v) is 7.89. The van der Waals surface area contributed by atoms with Gasteiger partial charge in [-0.3, -0.25) is 0 Å². The molecule has 0 unspecified atom stereocenters. The van der Waals surface area contributed by atoms with Crippen LogP contribution >= 0.6 is 0 Å². The molecule has 0 bridgehead atoms. The molecule has 0 aliphatic rings. The average molecular weight is 385 g/mol. The molecule has 4 aromatic carbocycles. The topological polar surface area (TPSA) is 33.6 Å². The van der Waals surface area contributed by atoms with Crippen LogP contribution in [0.3, 0.4) is 0 Å². The molecule has 2 aromatic heterocycles. The maximum Gasteiger partial charge on any atom is 0.0998 e. The predicted molar refractivity (Wildman–Crippen MR) is 124 cm³/mol. The molecule has 0 radical (unpaired) electrons. The SMILES string of the molecule is Cc1cccc2c1c1c(C#N)cccc1n2-c1ccc2c(c1)c1ccccc1n2C. The van der Waals surface area contributed by atoms with Crippen LogP contribution in [0.25, 0.3) is 49.3 Å². The van der Waals surface area contributed by atoms with Gasteiger partial charge in [0.15, 0.2) is 0 Å². The zero-order chi connectivity index (χ0) is 20.4. The zero-order valence-electron chi connectivity index (χ0n) is 16.8. The van der Waals surface area contributed by atoms with Gasteiger partial charge in [0, 0.05) is 45.3 Å². The fourth-order valence-corrected chi connectivity index (χ4v) is 4.95. The number of aromatic nitrogens is 2. The van der Waals surface area contributed by atoms with Crippen molar-refractivity contribution < 1.29 is 0 Å². The van der Waals surface area contributed by atoms with Crippen LogP contribution in [0, 0.1) is 18.3 Å². The second kappa shape index (κ2) is 5.98. The Labute approximate surface area is 174 Å². The van der Waals surface area contributed by atoms with Crippen LogP contribution in [0.15, 0.2) is 78.9 Å². The number of aryl methyl sites for hydroxylation is 2. The van der Waals surface area contributed by atoms with Crippen LogP contribution in [-0.4, -0.2) is 9.13 Å². The van der Waals surface area contributed by atoms with Gasteiger partial charge in [0.1, 0.15) is 0 Å². The summed E-state index contributed by atoms with van der Waals surface area (Å²) >= 11 is 0. The second-order valence-electron chi connectivity index (χ2n) is 7.89. The van der Waals surface area contributed by atoms with E-state index in [0.29, 0.717) is 0 Å². The number of rotatable bonds is 1. The number of para-hydroxylation sites is 1. The molecule has 0 aliphatic heterocycles. The largest absolute Gasteiger partial charge is 0.344 e. The van der Waals surface area contributed by atoms with Gasteiger partial charge >= 0.3 is 0 Å². The van der Waals surface area contributed by atoms with Crippen LogP contribution in [0.1, 0.15) is 11.1 Å². The highest BCUT2D eigenvalue weighted by Crippen LogP contribution is 2.37. The molecular formula is C27H19N3. The number of nitriles is 1. The van der Waals surface area contributed by atoms with Gasteiger partial charge in [-0.15, -0.1) is 0 Å². The van der Waals surface area contributed by atoms with E-state index in [2.05, 4.69) is 95.9 Å². The highest BCUT2D eigenvalue weighted by Gasteiger charge is 2.17. The van der Waals surface area contributed by atoms with E-state index in [4.69, 9.17) is 0 Å². The minimum atomic E-state index is 0.719. The van der Waals surface area contributed by atoms with E-state index in [1.165, 1.54) is 27.4 Å².